The molecule has 4 aromatic rings. The highest BCUT2D eigenvalue weighted by atomic mass is 79.9. The lowest BCUT2D eigenvalue weighted by Crippen LogP contribution is -1.87. The highest BCUT2D eigenvalue weighted by Crippen LogP contribution is 2.34. The predicted molar refractivity (Wildman–Crippen MR) is 116 cm³/mol. The fourth-order valence-corrected chi connectivity index (χ4v) is 3.47. The molecule has 0 aliphatic carbocycles. The molecule has 0 saturated carbocycles. The average Bonchev–Trinajstić information content (AvgIpc) is 3.19. The van der Waals surface area contributed by atoms with Crippen LogP contribution in [-0.2, 0) is 0 Å². The first-order valence-corrected chi connectivity index (χ1v) is 9.62. The van der Waals surface area contributed by atoms with Crippen LogP contribution in [0.3, 0.4) is 0 Å². The Hall–Kier alpha value is -3.05. The maximum Gasteiger partial charge on any atom is 0.138 e. The zero-order valence-corrected chi connectivity index (χ0v) is 17.2. The van der Waals surface area contributed by atoms with Gasteiger partial charge in [-0.2, -0.15) is 0 Å². The van der Waals surface area contributed by atoms with Crippen molar-refractivity contribution in [1.82, 2.24) is 9.97 Å². The SMILES string of the molecule is COc1ccc(-c2nc(-c3cccc(Br)c3)[nH]c2-c2ccc(OC)cc2)cc1. The number of imidazole rings is 1. The van der Waals surface area contributed by atoms with E-state index in [1.165, 1.54) is 0 Å². The Morgan fingerprint density at radius 3 is 1.93 bits per heavy atom. The molecule has 0 radical (unpaired) electrons. The molecule has 3 aromatic carbocycles. The molecule has 4 nitrogen and oxygen atoms in total. The lowest BCUT2D eigenvalue weighted by Gasteiger charge is -2.06. The van der Waals surface area contributed by atoms with Crippen molar-refractivity contribution in [3.63, 3.8) is 0 Å². The summed E-state index contributed by atoms with van der Waals surface area (Å²) in [6.45, 7) is 0. The van der Waals surface area contributed by atoms with Gasteiger partial charge in [0.25, 0.3) is 0 Å². The third kappa shape index (κ3) is 3.66. The molecule has 1 aromatic heterocycles. The van der Waals surface area contributed by atoms with E-state index in [9.17, 15) is 0 Å². The quantitative estimate of drug-likeness (QED) is 0.407. The van der Waals surface area contributed by atoms with Crippen molar-refractivity contribution in [1.29, 1.82) is 0 Å². The molecule has 0 fully saturated rings. The van der Waals surface area contributed by atoms with E-state index in [1.807, 2.05) is 66.7 Å². The van der Waals surface area contributed by atoms with Gasteiger partial charge in [-0.25, -0.2) is 4.98 Å². The van der Waals surface area contributed by atoms with Gasteiger partial charge in [-0.1, -0.05) is 28.1 Å². The Morgan fingerprint density at radius 1 is 0.750 bits per heavy atom. The van der Waals surface area contributed by atoms with E-state index in [0.717, 1.165) is 49.9 Å². The van der Waals surface area contributed by atoms with Gasteiger partial charge < -0.3 is 14.5 Å². The topological polar surface area (TPSA) is 47.1 Å². The normalized spacial score (nSPS) is 10.7. The van der Waals surface area contributed by atoms with E-state index >= 15 is 0 Å². The molecule has 0 aliphatic rings. The molecule has 0 aliphatic heterocycles. The number of hydrogen-bond donors (Lipinski definition) is 1. The minimum absolute atomic E-state index is 0.817. The molecule has 0 unspecified atom stereocenters. The highest BCUT2D eigenvalue weighted by molar-refractivity contribution is 9.10. The Morgan fingerprint density at radius 2 is 1.36 bits per heavy atom. The number of rotatable bonds is 5. The molecule has 0 saturated heterocycles. The molecule has 1 N–H and O–H groups in total. The van der Waals surface area contributed by atoms with Crippen LogP contribution in [0.15, 0.2) is 77.3 Å². The third-order valence-electron chi connectivity index (χ3n) is 4.54. The standard InChI is InChI=1S/C23H19BrN2O2/c1-27-19-10-6-15(7-11-19)21-22(16-8-12-20(28-2)13-9-16)26-23(25-21)17-4-3-5-18(24)14-17/h3-14H,1-2H3,(H,25,26). The summed E-state index contributed by atoms with van der Waals surface area (Å²) in [4.78, 5) is 8.42. The van der Waals surface area contributed by atoms with Gasteiger partial charge in [-0.3, -0.25) is 0 Å². The van der Waals surface area contributed by atoms with Gasteiger partial charge in [-0.15, -0.1) is 0 Å². The monoisotopic (exact) mass is 434 g/mol. The number of ether oxygens (including phenoxy) is 2. The summed E-state index contributed by atoms with van der Waals surface area (Å²) in [7, 11) is 3.33. The van der Waals surface area contributed by atoms with Gasteiger partial charge >= 0.3 is 0 Å². The van der Waals surface area contributed by atoms with Crippen LogP contribution < -0.4 is 9.47 Å². The number of halogens is 1. The van der Waals surface area contributed by atoms with E-state index < -0.39 is 0 Å². The zero-order valence-electron chi connectivity index (χ0n) is 15.6. The third-order valence-corrected chi connectivity index (χ3v) is 5.04. The van der Waals surface area contributed by atoms with Crippen LogP contribution in [0.1, 0.15) is 0 Å². The molecule has 0 spiro atoms. The van der Waals surface area contributed by atoms with Crippen LogP contribution in [-0.4, -0.2) is 24.2 Å². The summed E-state index contributed by atoms with van der Waals surface area (Å²) in [6, 6.07) is 24.0. The lowest BCUT2D eigenvalue weighted by atomic mass is 10.0. The predicted octanol–water partition coefficient (Wildman–Crippen LogP) is 6.19. The first-order valence-electron chi connectivity index (χ1n) is 8.83. The maximum absolute atomic E-state index is 5.29. The number of H-pyrrole nitrogens is 1. The first kappa shape index (κ1) is 18.3. The van der Waals surface area contributed by atoms with Gasteiger partial charge in [0.1, 0.15) is 17.3 Å². The number of methoxy groups -OCH3 is 2. The van der Waals surface area contributed by atoms with Gasteiger partial charge in [0.2, 0.25) is 0 Å². The van der Waals surface area contributed by atoms with Crippen LogP contribution in [0.5, 0.6) is 11.5 Å². The molecule has 0 atom stereocenters. The Balaban J connectivity index is 1.85. The minimum atomic E-state index is 0.817. The van der Waals surface area contributed by atoms with Crippen molar-refractivity contribution < 1.29 is 9.47 Å². The van der Waals surface area contributed by atoms with E-state index in [0.29, 0.717) is 0 Å². The minimum Gasteiger partial charge on any atom is -0.497 e. The second kappa shape index (κ2) is 7.90. The van der Waals surface area contributed by atoms with Gasteiger partial charge in [0, 0.05) is 21.2 Å². The summed E-state index contributed by atoms with van der Waals surface area (Å²) in [6.07, 6.45) is 0. The number of nitrogens with one attached hydrogen (secondary N) is 1. The molecule has 140 valence electrons. The molecule has 28 heavy (non-hydrogen) atoms. The fourth-order valence-electron chi connectivity index (χ4n) is 3.07. The lowest BCUT2D eigenvalue weighted by molar-refractivity contribution is 0.414. The molecule has 4 rings (SSSR count). The molecule has 5 heteroatoms. The van der Waals surface area contributed by atoms with Crippen molar-refractivity contribution in [2.75, 3.05) is 14.2 Å². The maximum atomic E-state index is 5.29. The average molecular weight is 435 g/mol. The molecular weight excluding hydrogens is 416 g/mol. The van der Waals surface area contributed by atoms with E-state index in [2.05, 4.69) is 27.0 Å². The molecule has 0 bridgehead atoms. The molecule has 0 amide bonds. The van der Waals surface area contributed by atoms with E-state index in [4.69, 9.17) is 14.5 Å². The number of aromatic amines is 1. The second-order valence-corrected chi connectivity index (χ2v) is 7.19. The van der Waals surface area contributed by atoms with Crippen molar-refractivity contribution in [2.45, 2.75) is 0 Å². The Kier molecular flexibility index (Phi) is 5.17. The summed E-state index contributed by atoms with van der Waals surface area (Å²) < 4.78 is 11.6. The Labute approximate surface area is 172 Å². The summed E-state index contributed by atoms with van der Waals surface area (Å²) in [5.74, 6) is 2.46. The van der Waals surface area contributed by atoms with Crippen LogP contribution in [0.25, 0.3) is 33.9 Å². The molecule has 1 heterocycles. The van der Waals surface area contributed by atoms with Gasteiger partial charge in [0.15, 0.2) is 0 Å². The van der Waals surface area contributed by atoms with E-state index in [1.54, 1.807) is 14.2 Å². The largest absolute Gasteiger partial charge is 0.497 e. The van der Waals surface area contributed by atoms with Crippen molar-refractivity contribution in [3.8, 4) is 45.4 Å². The number of nitrogens with zero attached hydrogens (tertiary/aromatic N) is 1. The van der Waals surface area contributed by atoms with Crippen molar-refractivity contribution >= 4 is 15.9 Å². The number of benzene rings is 3. The summed E-state index contributed by atoms with van der Waals surface area (Å²) >= 11 is 3.54. The van der Waals surface area contributed by atoms with Gasteiger partial charge in [-0.05, 0) is 60.7 Å². The smallest absolute Gasteiger partial charge is 0.138 e. The van der Waals surface area contributed by atoms with Gasteiger partial charge in [0.05, 0.1) is 25.6 Å². The first-order chi connectivity index (χ1) is 13.7. The van der Waals surface area contributed by atoms with Crippen molar-refractivity contribution in [3.05, 3.63) is 77.3 Å². The Bertz CT molecular complexity index is 1020. The summed E-state index contributed by atoms with van der Waals surface area (Å²) in [5, 5.41) is 0. The summed E-state index contributed by atoms with van der Waals surface area (Å²) in [5.41, 5.74) is 4.93. The fraction of sp³-hybridized carbons (Fsp3) is 0.0870. The second-order valence-electron chi connectivity index (χ2n) is 6.28. The van der Waals surface area contributed by atoms with E-state index in [-0.39, 0.29) is 0 Å². The van der Waals surface area contributed by atoms with Crippen molar-refractivity contribution in [2.24, 2.45) is 0 Å². The van der Waals surface area contributed by atoms with Crippen LogP contribution in [0.4, 0.5) is 0 Å². The van der Waals surface area contributed by atoms with Crippen LogP contribution in [0, 0.1) is 0 Å². The molecular formula is C23H19BrN2O2. The van der Waals surface area contributed by atoms with Crippen LogP contribution >= 0.6 is 15.9 Å². The number of aromatic nitrogens is 2. The van der Waals surface area contributed by atoms with Crippen LogP contribution in [0.2, 0.25) is 0 Å². The number of hydrogen-bond acceptors (Lipinski definition) is 3. The highest BCUT2D eigenvalue weighted by Gasteiger charge is 2.16. The zero-order chi connectivity index (χ0) is 19.5.